The molecule has 0 aliphatic heterocycles. The zero-order valence-electron chi connectivity index (χ0n) is 7.19. The van der Waals surface area contributed by atoms with E-state index in [0.717, 1.165) is 0 Å². The van der Waals surface area contributed by atoms with Crippen LogP contribution in [0.5, 0.6) is 5.75 Å². The molecule has 4 heteroatoms. The summed E-state index contributed by atoms with van der Waals surface area (Å²) in [6.45, 7) is -0.412. The number of hydrogen-bond donors (Lipinski definition) is 1. The smallest absolute Gasteiger partial charge is 0.337 e. The summed E-state index contributed by atoms with van der Waals surface area (Å²) < 4.78 is 9.30. The van der Waals surface area contributed by atoms with Crippen LogP contribution in [0.1, 0.15) is 10.4 Å². The van der Waals surface area contributed by atoms with Crippen molar-refractivity contribution in [2.45, 2.75) is 0 Å². The van der Waals surface area contributed by atoms with Gasteiger partial charge < -0.3 is 14.6 Å². The van der Waals surface area contributed by atoms with Crippen LogP contribution in [0, 0.1) is 0 Å². The largest absolute Gasteiger partial charge is 0.468 e. The molecule has 0 fully saturated rings. The Morgan fingerprint density at radius 2 is 2.31 bits per heavy atom. The molecule has 0 heterocycles. The summed E-state index contributed by atoms with van der Waals surface area (Å²) in [5.41, 5.74) is 0.397. The third-order valence-corrected chi connectivity index (χ3v) is 1.49. The topological polar surface area (TPSA) is 55.8 Å². The van der Waals surface area contributed by atoms with Crippen LogP contribution in [0.2, 0.25) is 0 Å². The van der Waals surface area contributed by atoms with Gasteiger partial charge in [-0.3, -0.25) is 0 Å². The highest BCUT2D eigenvalue weighted by molar-refractivity contribution is 5.89. The number of benzene rings is 1. The lowest BCUT2D eigenvalue weighted by molar-refractivity contribution is 0.0598. The fraction of sp³-hybridized carbons (Fsp3) is 0.222. The maximum atomic E-state index is 11.0. The lowest BCUT2D eigenvalue weighted by Crippen LogP contribution is -2.02. The third-order valence-electron chi connectivity index (χ3n) is 1.49. The molecule has 1 aromatic carbocycles. The van der Waals surface area contributed by atoms with E-state index in [9.17, 15) is 4.79 Å². The normalized spacial score (nSPS) is 9.38. The Labute approximate surface area is 75.7 Å². The molecule has 0 aromatic heterocycles. The summed E-state index contributed by atoms with van der Waals surface area (Å²) in [6, 6.07) is 6.40. The van der Waals surface area contributed by atoms with Crippen molar-refractivity contribution in [2.75, 3.05) is 13.9 Å². The molecule has 13 heavy (non-hydrogen) atoms. The van der Waals surface area contributed by atoms with Crippen LogP contribution in [-0.2, 0) is 4.74 Å². The Morgan fingerprint density at radius 1 is 1.54 bits per heavy atom. The van der Waals surface area contributed by atoms with Crippen molar-refractivity contribution in [3.05, 3.63) is 29.8 Å². The molecule has 0 saturated carbocycles. The molecule has 0 bridgehead atoms. The van der Waals surface area contributed by atoms with Crippen LogP contribution >= 0.6 is 0 Å². The van der Waals surface area contributed by atoms with Gasteiger partial charge in [0.25, 0.3) is 0 Å². The van der Waals surface area contributed by atoms with E-state index in [1.165, 1.54) is 13.2 Å². The highest BCUT2D eigenvalue weighted by Crippen LogP contribution is 2.13. The van der Waals surface area contributed by atoms with Crippen molar-refractivity contribution in [3.8, 4) is 5.75 Å². The number of ether oxygens (including phenoxy) is 2. The van der Waals surface area contributed by atoms with Gasteiger partial charge in [-0.05, 0) is 18.2 Å². The zero-order valence-corrected chi connectivity index (χ0v) is 7.19. The summed E-state index contributed by atoms with van der Waals surface area (Å²) in [5, 5.41) is 8.47. The molecule has 0 amide bonds. The van der Waals surface area contributed by atoms with Crippen LogP contribution in [0.15, 0.2) is 24.3 Å². The molecule has 4 nitrogen and oxygen atoms in total. The van der Waals surface area contributed by atoms with E-state index in [4.69, 9.17) is 9.84 Å². The molecule has 0 unspecified atom stereocenters. The van der Waals surface area contributed by atoms with E-state index >= 15 is 0 Å². The van der Waals surface area contributed by atoms with Crippen LogP contribution in [-0.4, -0.2) is 25.0 Å². The van der Waals surface area contributed by atoms with Gasteiger partial charge >= 0.3 is 5.97 Å². The van der Waals surface area contributed by atoms with E-state index in [0.29, 0.717) is 11.3 Å². The van der Waals surface area contributed by atoms with Gasteiger partial charge in [-0.15, -0.1) is 0 Å². The quantitative estimate of drug-likeness (QED) is 0.555. The SMILES string of the molecule is COC(=O)c1cccc(OCO)c1. The summed E-state index contributed by atoms with van der Waals surface area (Å²) in [5.74, 6) is 0.00814. The Bertz CT molecular complexity index is 295. The minimum absolute atomic E-state index is 0.397. The van der Waals surface area contributed by atoms with E-state index in [1.807, 2.05) is 0 Å². The summed E-state index contributed by atoms with van der Waals surface area (Å²) in [7, 11) is 1.31. The number of rotatable bonds is 3. The molecule has 1 rings (SSSR count). The first-order valence-electron chi connectivity index (χ1n) is 3.70. The van der Waals surface area contributed by atoms with Crippen molar-refractivity contribution in [2.24, 2.45) is 0 Å². The summed E-state index contributed by atoms with van der Waals surface area (Å²) >= 11 is 0. The zero-order chi connectivity index (χ0) is 9.68. The molecule has 0 saturated heterocycles. The van der Waals surface area contributed by atoms with Gasteiger partial charge in [0.1, 0.15) is 5.75 Å². The molecular formula is C9H10O4. The first-order valence-corrected chi connectivity index (χ1v) is 3.70. The second-order valence-electron chi connectivity index (χ2n) is 2.29. The molecule has 0 radical (unpaired) electrons. The predicted molar refractivity (Wildman–Crippen MR) is 45.5 cm³/mol. The first-order chi connectivity index (χ1) is 6.27. The van der Waals surface area contributed by atoms with Gasteiger partial charge in [0, 0.05) is 0 Å². The van der Waals surface area contributed by atoms with E-state index < -0.39 is 12.8 Å². The third kappa shape index (κ3) is 2.45. The Kier molecular flexibility index (Phi) is 3.28. The molecule has 0 aliphatic rings. The minimum Gasteiger partial charge on any atom is -0.468 e. The van der Waals surface area contributed by atoms with Gasteiger partial charge in [0.2, 0.25) is 0 Å². The maximum Gasteiger partial charge on any atom is 0.337 e. The molecular weight excluding hydrogens is 172 g/mol. The van der Waals surface area contributed by atoms with Crippen molar-refractivity contribution >= 4 is 5.97 Å². The van der Waals surface area contributed by atoms with E-state index in [-0.39, 0.29) is 0 Å². The van der Waals surface area contributed by atoms with Gasteiger partial charge in [-0.2, -0.15) is 0 Å². The lowest BCUT2D eigenvalue weighted by atomic mass is 10.2. The highest BCUT2D eigenvalue weighted by atomic mass is 16.6. The standard InChI is InChI=1S/C9H10O4/c1-12-9(11)7-3-2-4-8(5-7)13-6-10/h2-5,10H,6H2,1H3. The average molecular weight is 182 g/mol. The van der Waals surface area contributed by atoms with Gasteiger partial charge in [0.05, 0.1) is 12.7 Å². The number of carbonyl (C=O) groups excluding carboxylic acids is 1. The maximum absolute atomic E-state index is 11.0. The molecule has 1 aromatic rings. The van der Waals surface area contributed by atoms with Crippen LogP contribution in [0.4, 0.5) is 0 Å². The Balaban J connectivity index is 2.85. The number of esters is 1. The Morgan fingerprint density at radius 3 is 2.92 bits per heavy atom. The Hall–Kier alpha value is -1.55. The van der Waals surface area contributed by atoms with E-state index in [2.05, 4.69) is 4.74 Å². The fourth-order valence-corrected chi connectivity index (χ4v) is 0.905. The highest BCUT2D eigenvalue weighted by Gasteiger charge is 2.05. The fourth-order valence-electron chi connectivity index (χ4n) is 0.905. The number of hydrogen-bond acceptors (Lipinski definition) is 4. The number of aliphatic hydroxyl groups is 1. The summed E-state index contributed by atoms with van der Waals surface area (Å²) in [6.07, 6.45) is 0. The average Bonchev–Trinajstić information content (AvgIpc) is 2.18. The minimum atomic E-state index is -0.427. The van der Waals surface area contributed by atoms with Crippen LogP contribution in [0.3, 0.4) is 0 Å². The number of carbonyl (C=O) groups is 1. The molecule has 1 N–H and O–H groups in total. The summed E-state index contributed by atoms with van der Waals surface area (Å²) in [4.78, 5) is 11.0. The number of methoxy groups -OCH3 is 1. The van der Waals surface area contributed by atoms with Gasteiger partial charge in [-0.1, -0.05) is 6.07 Å². The number of aliphatic hydroxyl groups excluding tert-OH is 1. The second kappa shape index (κ2) is 4.47. The van der Waals surface area contributed by atoms with Crippen molar-refractivity contribution in [1.29, 1.82) is 0 Å². The molecule has 70 valence electrons. The van der Waals surface area contributed by atoms with Crippen LogP contribution < -0.4 is 4.74 Å². The predicted octanol–water partition coefficient (Wildman–Crippen LogP) is 0.802. The van der Waals surface area contributed by atoms with Crippen molar-refractivity contribution < 1.29 is 19.4 Å². The monoisotopic (exact) mass is 182 g/mol. The van der Waals surface area contributed by atoms with E-state index in [1.54, 1.807) is 18.2 Å². The molecule has 0 spiro atoms. The van der Waals surface area contributed by atoms with Crippen molar-refractivity contribution in [3.63, 3.8) is 0 Å². The first kappa shape index (κ1) is 9.54. The van der Waals surface area contributed by atoms with Crippen molar-refractivity contribution in [1.82, 2.24) is 0 Å². The lowest BCUT2D eigenvalue weighted by Gasteiger charge is -2.03. The molecule has 0 atom stereocenters. The van der Waals surface area contributed by atoms with Crippen LogP contribution in [0.25, 0.3) is 0 Å². The molecule has 0 aliphatic carbocycles. The van der Waals surface area contributed by atoms with Gasteiger partial charge in [0.15, 0.2) is 6.79 Å². The second-order valence-corrected chi connectivity index (χ2v) is 2.29. The van der Waals surface area contributed by atoms with Gasteiger partial charge in [-0.25, -0.2) is 4.79 Å².